The van der Waals surface area contributed by atoms with Crippen molar-refractivity contribution in [2.75, 3.05) is 25.7 Å². The molecule has 0 aliphatic rings. The predicted octanol–water partition coefficient (Wildman–Crippen LogP) is -0.422. The lowest BCUT2D eigenvalue weighted by atomic mass is 10.1. The second-order valence-electron chi connectivity index (χ2n) is 3.25. The molecule has 0 saturated carbocycles. The van der Waals surface area contributed by atoms with Crippen molar-refractivity contribution in [1.82, 2.24) is 0 Å². The van der Waals surface area contributed by atoms with Gasteiger partial charge in [0.1, 0.15) is 0 Å². The maximum atomic E-state index is 10.7. The second-order valence-corrected chi connectivity index (χ2v) is 6.54. The summed E-state index contributed by atoms with van der Waals surface area (Å²) in [5.74, 6) is 1.81. The van der Waals surface area contributed by atoms with E-state index in [1.54, 1.807) is 0 Å². The van der Waals surface area contributed by atoms with Gasteiger partial charge in [-0.25, -0.2) is 0 Å². The predicted molar refractivity (Wildman–Crippen MR) is 58.5 cm³/mol. The maximum absolute atomic E-state index is 10.7. The van der Waals surface area contributed by atoms with Gasteiger partial charge in [0, 0.05) is 12.3 Å². The summed E-state index contributed by atoms with van der Waals surface area (Å²) in [6.45, 7) is -0.392. The molecule has 0 radical (unpaired) electrons. The highest BCUT2D eigenvalue weighted by Crippen LogP contribution is 2.07. The van der Waals surface area contributed by atoms with Gasteiger partial charge in [-0.15, -0.1) is 12.3 Å². The number of hydrogen-bond donors (Lipinski definition) is 0. The van der Waals surface area contributed by atoms with Crippen molar-refractivity contribution < 1.29 is 25.2 Å². The first-order valence-corrected chi connectivity index (χ1v) is 7.89. The Morgan fingerprint density at radius 3 is 1.69 bits per heavy atom. The van der Waals surface area contributed by atoms with Crippen LogP contribution in [0.4, 0.5) is 0 Å². The molecule has 0 aromatic rings. The normalized spacial score (nSPS) is 12.6. The van der Waals surface area contributed by atoms with Crippen molar-refractivity contribution >= 4 is 20.2 Å². The molecule has 0 spiro atoms. The molecule has 94 valence electrons. The minimum atomic E-state index is -3.56. The maximum Gasteiger partial charge on any atom is 0.264 e. The molecule has 0 aliphatic heterocycles. The topological polar surface area (TPSA) is 86.7 Å². The van der Waals surface area contributed by atoms with E-state index in [1.165, 1.54) is 0 Å². The molecule has 0 unspecified atom stereocenters. The zero-order chi connectivity index (χ0) is 12.8. The van der Waals surface area contributed by atoms with Crippen LogP contribution in [0.3, 0.4) is 0 Å². The molecule has 6 nitrogen and oxygen atoms in total. The van der Waals surface area contributed by atoms with Crippen LogP contribution in [0.25, 0.3) is 0 Å². The lowest BCUT2D eigenvalue weighted by molar-refractivity contribution is 0.189. The van der Waals surface area contributed by atoms with E-state index < -0.39 is 26.2 Å². The summed E-state index contributed by atoms with van der Waals surface area (Å²) in [6, 6.07) is 0. The minimum Gasteiger partial charge on any atom is -0.270 e. The van der Waals surface area contributed by atoms with E-state index >= 15 is 0 Å². The van der Waals surface area contributed by atoms with Crippen molar-refractivity contribution in [3.05, 3.63) is 0 Å². The SMILES string of the molecule is C#CCC(COS(C)(=O)=O)COS(C)(=O)=O. The van der Waals surface area contributed by atoms with E-state index in [-0.39, 0.29) is 19.6 Å². The third-order valence-electron chi connectivity index (χ3n) is 1.44. The van der Waals surface area contributed by atoms with Gasteiger partial charge in [-0.1, -0.05) is 0 Å². The van der Waals surface area contributed by atoms with Gasteiger partial charge in [-0.2, -0.15) is 16.8 Å². The molecule has 0 atom stereocenters. The van der Waals surface area contributed by atoms with E-state index in [0.29, 0.717) is 0 Å². The van der Waals surface area contributed by atoms with Crippen LogP contribution in [0.5, 0.6) is 0 Å². The molecule has 0 amide bonds. The number of rotatable bonds is 7. The van der Waals surface area contributed by atoms with Crippen molar-refractivity contribution in [3.8, 4) is 12.3 Å². The average Bonchev–Trinajstić information content (AvgIpc) is 2.07. The first kappa shape index (κ1) is 15.4. The Hall–Kier alpha value is -0.620. The fourth-order valence-electron chi connectivity index (χ4n) is 0.772. The number of terminal acetylenes is 1. The molecule has 0 heterocycles. The number of hydrogen-bond acceptors (Lipinski definition) is 6. The fraction of sp³-hybridized carbons (Fsp3) is 0.750. The van der Waals surface area contributed by atoms with Gasteiger partial charge >= 0.3 is 0 Å². The highest BCUT2D eigenvalue weighted by atomic mass is 32.2. The van der Waals surface area contributed by atoms with E-state index in [2.05, 4.69) is 14.3 Å². The van der Waals surface area contributed by atoms with Crippen LogP contribution in [0, 0.1) is 18.3 Å². The molecular formula is C8H14O6S2. The summed E-state index contributed by atoms with van der Waals surface area (Å²) < 4.78 is 51.9. The first-order chi connectivity index (χ1) is 7.14. The highest BCUT2D eigenvalue weighted by molar-refractivity contribution is 7.86. The smallest absolute Gasteiger partial charge is 0.264 e. The van der Waals surface area contributed by atoms with Crippen molar-refractivity contribution in [1.29, 1.82) is 0 Å². The second kappa shape index (κ2) is 6.20. The molecule has 0 bridgehead atoms. The third kappa shape index (κ3) is 9.92. The van der Waals surface area contributed by atoms with Crippen LogP contribution >= 0.6 is 0 Å². The van der Waals surface area contributed by atoms with Crippen LogP contribution in [-0.4, -0.2) is 42.6 Å². The summed E-state index contributed by atoms with van der Waals surface area (Å²) in [7, 11) is -7.13. The highest BCUT2D eigenvalue weighted by Gasteiger charge is 2.14. The molecule has 16 heavy (non-hydrogen) atoms. The Bertz CT molecular complexity index is 405. The fourth-order valence-corrected chi connectivity index (χ4v) is 1.65. The Kier molecular flexibility index (Phi) is 5.96. The van der Waals surface area contributed by atoms with E-state index in [4.69, 9.17) is 6.42 Å². The van der Waals surface area contributed by atoms with Crippen LogP contribution in [0.1, 0.15) is 6.42 Å². The summed E-state index contributed by atoms with van der Waals surface area (Å²) in [4.78, 5) is 0. The molecule has 0 saturated heterocycles. The lowest BCUT2D eigenvalue weighted by Gasteiger charge is -2.12. The Morgan fingerprint density at radius 1 is 1.06 bits per heavy atom. The molecule has 8 heteroatoms. The van der Waals surface area contributed by atoms with Gasteiger partial charge in [0.05, 0.1) is 25.7 Å². The quantitative estimate of drug-likeness (QED) is 0.461. The standard InChI is InChI=1S/C8H14O6S2/c1-4-5-8(6-13-15(2,9)10)7-14-16(3,11)12/h1,8H,5-7H2,2-3H3. The minimum absolute atomic E-state index is 0.172. The molecule has 0 rings (SSSR count). The van der Waals surface area contributed by atoms with Gasteiger partial charge in [-0.3, -0.25) is 8.37 Å². The van der Waals surface area contributed by atoms with Crippen molar-refractivity contribution in [3.63, 3.8) is 0 Å². The van der Waals surface area contributed by atoms with Gasteiger partial charge in [0.15, 0.2) is 0 Å². The third-order valence-corrected chi connectivity index (χ3v) is 2.57. The molecule has 0 aliphatic carbocycles. The summed E-state index contributed by atoms with van der Waals surface area (Å²) in [6.07, 6.45) is 7.02. The summed E-state index contributed by atoms with van der Waals surface area (Å²) in [5, 5.41) is 0. The van der Waals surface area contributed by atoms with Crippen molar-refractivity contribution in [2.24, 2.45) is 5.92 Å². The molecule has 0 aromatic carbocycles. The van der Waals surface area contributed by atoms with Crippen LogP contribution in [0.15, 0.2) is 0 Å². The monoisotopic (exact) mass is 270 g/mol. The van der Waals surface area contributed by atoms with E-state index in [9.17, 15) is 16.8 Å². The Labute approximate surface area is 96.2 Å². The Balaban J connectivity index is 4.25. The van der Waals surface area contributed by atoms with Gasteiger partial charge in [0.25, 0.3) is 20.2 Å². The van der Waals surface area contributed by atoms with Gasteiger partial charge in [0.2, 0.25) is 0 Å². The zero-order valence-electron chi connectivity index (χ0n) is 9.04. The summed E-state index contributed by atoms with van der Waals surface area (Å²) in [5.41, 5.74) is 0. The lowest BCUT2D eigenvalue weighted by Crippen LogP contribution is -2.20. The molecule has 0 fully saturated rings. The first-order valence-electron chi connectivity index (χ1n) is 4.26. The van der Waals surface area contributed by atoms with E-state index in [1.807, 2.05) is 0 Å². The van der Waals surface area contributed by atoms with Crippen LogP contribution in [-0.2, 0) is 28.6 Å². The molecule has 0 N–H and O–H groups in total. The largest absolute Gasteiger partial charge is 0.270 e. The average molecular weight is 270 g/mol. The van der Waals surface area contributed by atoms with Crippen LogP contribution in [0.2, 0.25) is 0 Å². The van der Waals surface area contributed by atoms with Gasteiger partial charge in [-0.05, 0) is 0 Å². The molecule has 0 aromatic heterocycles. The van der Waals surface area contributed by atoms with Gasteiger partial charge < -0.3 is 0 Å². The van der Waals surface area contributed by atoms with Crippen LogP contribution < -0.4 is 0 Å². The Morgan fingerprint density at radius 2 is 1.44 bits per heavy atom. The van der Waals surface area contributed by atoms with E-state index in [0.717, 1.165) is 12.5 Å². The molecular weight excluding hydrogens is 256 g/mol. The van der Waals surface area contributed by atoms with Crippen molar-refractivity contribution in [2.45, 2.75) is 6.42 Å². The zero-order valence-corrected chi connectivity index (χ0v) is 10.7. The summed E-state index contributed by atoms with van der Waals surface area (Å²) >= 11 is 0.